The zero-order valence-corrected chi connectivity index (χ0v) is 14.0. The molecule has 0 aromatic carbocycles. The number of likely N-dealkylation sites (N-methyl/N-ethyl adjacent to an activating group) is 1. The van der Waals surface area contributed by atoms with Gasteiger partial charge in [0.1, 0.15) is 0 Å². The molecule has 2 rings (SSSR count). The van der Waals surface area contributed by atoms with Crippen molar-refractivity contribution in [1.29, 1.82) is 0 Å². The van der Waals surface area contributed by atoms with E-state index in [1.807, 2.05) is 19.1 Å². The fourth-order valence-electron chi connectivity index (χ4n) is 2.93. The Morgan fingerprint density at radius 1 is 1.36 bits per heavy atom. The number of aryl methyl sites for hydroxylation is 1. The van der Waals surface area contributed by atoms with Gasteiger partial charge in [-0.05, 0) is 51.5 Å². The van der Waals surface area contributed by atoms with Crippen LogP contribution in [0.5, 0.6) is 0 Å². The Kier molecular flexibility index (Phi) is 6.34. The van der Waals surface area contributed by atoms with Crippen molar-refractivity contribution in [3.05, 3.63) is 29.6 Å². The van der Waals surface area contributed by atoms with Crippen LogP contribution in [-0.2, 0) is 4.79 Å². The van der Waals surface area contributed by atoms with Gasteiger partial charge in [0.05, 0.1) is 18.3 Å². The Labute approximate surface area is 133 Å². The molecule has 0 aliphatic carbocycles. The highest BCUT2D eigenvalue weighted by Gasteiger charge is 2.19. The van der Waals surface area contributed by atoms with Crippen molar-refractivity contribution >= 4 is 5.91 Å². The van der Waals surface area contributed by atoms with E-state index in [-0.39, 0.29) is 11.9 Å². The van der Waals surface area contributed by atoms with Gasteiger partial charge in [-0.25, -0.2) is 0 Å². The molecular weight excluding hydrogens is 276 g/mol. The van der Waals surface area contributed by atoms with E-state index in [9.17, 15) is 4.79 Å². The molecule has 0 bridgehead atoms. The maximum absolute atomic E-state index is 12.4. The van der Waals surface area contributed by atoms with Crippen molar-refractivity contribution in [2.24, 2.45) is 0 Å². The van der Waals surface area contributed by atoms with E-state index in [0.29, 0.717) is 6.54 Å². The van der Waals surface area contributed by atoms with E-state index in [2.05, 4.69) is 34.1 Å². The molecule has 122 valence electrons. The standard InChI is InChI=1S/C17H28N4O/c1-4-15(17-14(2)7-5-8-18-17)19-16(22)13-21-10-6-9-20(3)11-12-21/h5,7-8,15H,4,6,9-13H2,1-3H3,(H,19,22)/t15-/m0/s1. The highest BCUT2D eigenvalue weighted by atomic mass is 16.2. The second kappa shape index (κ2) is 8.25. The molecule has 1 aromatic rings. The SMILES string of the molecule is CC[C@H](NC(=O)CN1CCCN(C)CC1)c1ncccc1C. The minimum atomic E-state index is 0.00310. The van der Waals surface area contributed by atoms with Crippen LogP contribution in [0.25, 0.3) is 0 Å². The van der Waals surface area contributed by atoms with E-state index in [0.717, 1.165) is 50.3 Å². The summed E-state index contributed by atoms with van der Waals surface area (Å²) in [5, 5.41) is 3.15. The van der Waals surface area contributed by atoms with Crippen molar-refractivity contribution < 1.29 is 4.79 Å². The molecule has 0 radical (unpaired) electrons. The summed E-state index contributed by atoms with van der Waals surface area (Å²) in [6, 6.07) is 3.98. The number of nitrogens with zero attached hydrogens (tertiary/aromatic N) is 3. The summed E-state index contributed by atoms with van der Waals surface area (Å²) in [4.78, 5) is 21.4. The molecule has 1 saturated heterocycles. The molecule has 0 saturated carbocycles. The average Bonchev–Trinajstić information content (AvgIpc) is 2.70. The molecule has 1 aromatic heterocycles. The Balaban J connectivity index is 1.91. The van der Waals surface area contributed by atoms with Crippen LogP contribution in [0.4, 0.5) is 0 Å². The fourth-order valence-corrected chi connectivity index (χ4v) is 2.93. The fraction of sp³-hybridized carbons (Fsp3) is 0.647. The third kappa shape index (κ3) is 4.78. The number of carbonyl (C=O) groups is 1. The number of pyridine rings is 1. The number of amides is 1. The van der Waals surface area contributed by atoms with Gasteiger partial charge < -0.3 is 10.2 Å². The molecule has 22 heavy (non-hydrogen) atoms. The molecule has 5 heteroatoms. The van der Waals surface area contributed by atoms with Crippen molar-refractivity contribution in [1.82, 2.24) is 20.1 Å². The third-order valence-electron chi connectivity index (χ3n) is 4.30. The van der Waals surface area contributed by atoms with Crippen molar-refractivity contribution in [2.45, 2.75) is 32.7 Å². The zero-order valence-electron chi connectivity index (χ0n) is 14.0. The van der Waals surface area contributed by atoms with Gasteiger partial charge >= 0.3 is 0 Å². The lowest BCUT2D eigenvalue weighted by Crippen LogP contribution is -2.40. The van der Waals surface area contributed by atoms with Gasteiger partial charge in [-0.2, -0.15) is 0 Å². The summed E-state index contributed by atoms with van der Waals surface area (Å²) in [6.45, 7) is 8.71. The van der Waals surface area contributed by atoms with Crippen LogP contribution < -0.4 is 5.32 Å². The summed E-state index contributed by atoms with van der Waals surface area (Å²) in [5.74, 6) is 0.0986. The Bertz CT molecular complexity index is 491. The van der Waals surface area contributed by atoms with E-state index in [1.54, 1.807) is 6.20 Å². The first-order valence-electron chi connectivity index (χ1n) is 8.22. The second-order valence-corrected chi connectivity index (χ2v) is 6.17. The van der Waals surface area contributed by atoms with E-state index < -0.39 is 0 Å². The van der Waals surface area contributed by atoms with Crippen LogP contribution in [0.3, 0.4) is 0 Å². The number of rotatable bonds is 5. The summed E-state index contributed by atoms with van der Waals surface area (Å²) >= 11 is 0. The molecule has 1 aliphatic heterocycles. The smallest absolute Gasteiger partial charge is 0.234 e. The maximum atomic E-state index is 12.4. The largest absolute Gasteiger partial charge is 0.347 e. The van der Waals surface area contributed by atoms with E-state index in [4.69, 9.17) is 0 Å². The molecule has 1 fully saturated rings. The number of nitrogens with one attached hydrogen (secondary N) is 1. The number of carbonyl (C=O) groups excluding carboxylic acids is 1. The molecule has 0 unspecified atom stereocenters. The highest BCUT2D eigenvalue weighted by Crippen LogP contribution is 2.17. The van der Waals surface area contributed by atoms with Gasteiger partial charge in [0.2, 0.25) is 5.91 Å². The van der Waals surface area contributed by atoms with Crippen LogP contribution >= 0.6 is 0 Å². The monoisotopic (exact) mass is 304 g/mol. The molecule has 2 heterocycles. The van der Waals surface area contributed by atoms with Crippen LogP contribution in [-0.4, -0.2) is 60.5 Å². The van der Waals surface area contributed by atoms with Gasteiger partial charge in [-0.3, -0.25) is 14.7 Å². The molecule has 5 nitrogen and oxygen atoms in total. The summed E-state index contributed by atoms with van der Waals surface area (Å²) in [5.41, 5.74) is 2.11. The van der Waals surface area contributed by atoms with E-state index in [1.165, 1.54) is 0 Å². The lowest BCUT2D eigenvalue weighted by atomic mass is 10.1. The highest BCUT2D eigenvalue weighted by molar-refractivity contribution is 5.78. The lowest BCUT2D eigenvalue weighted by molar-refractivity contribution is -0.123. The van der Waals surface area contributed by atoms with Crippen LogP contribution in [0.15, 0.2) is 18.3 Å². The van der Waals surface area contributed by atoms with Crippen molar-refractivity contribution in [2.75, 3.05) is 39.8 Å². The van der Waals surface area contributed by atoms with Gasteiger partial charge in [0.15, 0.2) is 0 Å². The van der Waals surface area contributed by atoms with Gasteiger partial charge in [0, 0.05) is 19.3 Å². The Morgan fingerprint density at radius 3 is 2.91 bits per heavy atom. The minimum Gasteiger partial charge on any atom is -0.347 e. The molecule has 1 amide bonds. The van der Waals surface area contributed by atoms with Crippen LogP contribution in [0.2, 0.25) is 0 Å². The zero-order chi connectivity index (χ0) is 15.9. The number of aromatic nitrogens is 1. The number of hydrogen-bond donors (Lipinski definition) is 1. The minimum absolute atomic E-state index is 0.00310. The lowest BCUT2D eigenvalue weighted by Gasteiger charge is -2.23. The third-order valence-corrected chi connectivity index (χ3v) is 4.30. The van der Waals surface area contributed by atoms with E-state index >= 15 is 0 Å². The number of hydrogen-bond acceptors (Lipinski definition) is 4. The maximum Gasteiger partial charge on any atom is 0.234 e. The van der Waals surface area contributed by atoms with Gasteiger partial charge in [-0.15, -0.1) is 0 Å². The summed E-state index contributed by atoms with van der Waals surface area (Å²) in [6.07, 6.45) is 3.77. The second-order valence-electron chi connectivity index (χ2n) is 6.17. The first-order chi connectivity index (χ1) is 10.6. The Morgan fingerprint density at radius 2 is 2.18 bits per heavy atom. The molecular formula is C17H28N4O. The Hall–Kier alpha value is -1.46. The normalized spacial score (nSPS) is 18.7. The predicted molar refractivity (Wildman–Crippen MR) is 88.7 cm³/mol. The van der Waals surface area contributed by atoms with Crippen LogP contribution in [0, 0.1) is 6.92 Å². The first kappa shape index (κ1) is 16.9. The van der Waals surface area contributed by atoms with Crippen LogP contribution in [0.1, 0.15) is 37.1 Å². The molecule has 0 spiro atoms. The quantitative estimate of drug-likeness (QED) is 0.897. The molecule has 1 aliphatic rings. The summed E-state index contributed by atoms with van der Waals surface area (Å²) < 4.78 is 0. The van der Waals surface area contributed by atoms with Gasteiger partial charge in [-0.1, -0.05) is 13.0 Å². The first-order valence-corrected chi connectivity index (χ1v) is 8.22. The van der Waals surface area contributed by atoms with Gasteiger partial charge in [0.25, 0.3) is 0 Å². The topological polar surface area (TPSA) is 48.5 Å². The van der Waals surface area contributed by atoms with Crippen molar-refractivity contribution in [3.63, 3.8) is 0 Å². The molecule has 1 N–H and O–H groups in total. The molecule has 1 atom stereocenters. The predicted octanol–water partition coefficient (Wildman–Crippen LogP) is 1.59. The van der Waals surface area contributed by atoms with Crippen molar-refractivity contribution in [3.8, 4) is 0 Å². The average molecular weight is 304 g/mol. The summed E-state index contributed by atoms with van der Waals surface area (Å²) in [7, 11) is 2.14.